The van der Waals surface area contributed by atoms with E-state index in [0.29, 0.717) is 5.39 Å². The van der Waals surface area contributed by atoms with Crippen molar-refractivity contribution in [1.82, 2.24) is 4.72 Å². The average Bonchev–Trinajstić information content (AvgIpc) is 2.84. The molecule has 34 heavy (non-hydrogen) atoms. The van der Waals surface area contributed by atoms with Crippen molar-refractivity contribution < 1.29 is 22.3 Å². The highest BCUT2D eigenvalue weighted by Crippen LogP contribution is 2.35. The van der Waals surface area contributed by atoms with Crippen LogP contribution in [0.1, 0.15) is 16.7 Å². The SMILES string of the molecule is COC(=O)Cc1cc2ccc(F)cc2c(-c2ccc(S(=O)(=O)NCc3ccccc3)cc2)c1C. The summed E-state index contributed by atoms with van der Waals surface area (Å²) in [7, 11) is -2.38. The number of halogens is 1. The maximum atomic E-state index is 14.1. The van der Waals surface area contributed by atoms with Crippen LogP contribution in [0, 0.1) is 12.7 Å². The van der Waals surface area contributed by atoms with Crippen LogP contribution in [0.3, 0.4) is 0 Å². The maximum absolute atomic E-state index is 14.1. The number of hydrogen-bond donors (Lipinski definition) is 1. The third-order valence-electron chi connectivity index (χ3n) is 5.80. The van der Waals surface area contributed by atoms with Gasteiger partial charge in [-0.1, -0.05) is 54.6 Å². The molecule has 0 aliphatic heterocycles. The standard InChI is InChI=1S/C27H24FNO4S/c1-18-22(15-26(30)33-2)14-21-8-11-23(28)16-25(21)27(18)20-9-12-24(13-10-20)34(31,32)29-17-19-6-4-3-5-7-19/h3-14,16,29H,15,17H2,1-2H3. The van der Waals surface area contributed by atoms with Gasteiger partial charge in [0.05, 0.1) is 18.4 Å². The first-order chi connectivity index (χ1) is 16.3. The summed E-state index contributed by atoms with van der Waals surface area (Å²) in [4.78, 5) is 12.1. The summed E-state index contributed by atoms with van der Waals surface area (Å²) in [5.41, 5.74) is 3.90. The van der Waals surface area contributed by atoms with Crippen LogP contribution in [0.2, 0.25) is 0 Å². The summed E-state index contributed by atoms with van der Waals surface area (Å²) >= 11 is 0. The van der Waals surface area contributed by atoms with Crippen LogP contribution >= 0.6 is 0 Å². The van der Waals surface area contributed by atoms with Crippen molar-refractivity contribution in [3.8, 4) is 11.1 Å². The van der Waals surface area contributed by atoms with Gasteiger partial charge in [0.2, 0.25) is 10.0 Å². The van der Waals surface area contributed by atoms with Crippen LogP contribution < -0.4 is 4.72 Å². The Morgan fingerprint density at radius 1 is 0.971 bits per heavy atom. The van der Waals surface area contributed by atoms with Crippen molar-refractivity contribution in [3.05, 3.63) is 101 Å². The molecule has 0 saturated carbocycles. The van der Waals surface area contributed by atoms with Crippen molar-refractivity contribution in [2.24, 2.45) is 0 Å². The highest BCUT2D eigenvalue weighted by molar-refractivity contribution is 7.89. The fourth-order valence-electron chi connectivity index (χ4n) is 3.97. The van der Waals surface area contributed by atoms with Crippen LogP contribution in [0.4, 0.5) is 4.39 Å². The van der Waals surface area contributed by atoms with Gasteiger partial charge in [0.15, 0.2) is 0 Å². The maximum Gasteiger partial charge on any atom is 0.309 e. The zero-order chi connectivity index (χ0) is 24.3. The van der Waals surface area contributed by atoms with E-state index in [4.69, 9.17) is 4.74 Å². The Balaban J connectivity index is 1.72. The minimum absolute atomic E-state index is 0.0819. The third-order valence-corrected chi connectivity index (χ3v) is 7.21. The molecule has 0 aliphatic carbocycles. The van der Waals surface area contributed by atoms with Gasteiger partial charge < -0.3 is 4.74 Å². The number of rotatable bonds is 7. The molecule has 0 aliphatic rings. The first kappa shape index (κ1) is 23.6. The lowest BCUT2D eigenvalue weighted by Crippen LogP contribution is -2.23. The van der Waals surface area contributed by atoms with Crippen molar-refractivity contribution in [1.29, 1.82) is 0 Å². The smallest absolute Gasteiger partial charge is 0.309 e. The number of esters is 1. The number of ether oxygens (including phenoxy) is 1. The molecular formula is C27H24FNO4S. The molecule has 4 aromatic rings. The molecule has 0 saturated heterocycles. The molecule has 0 heterocycles. The van der Waals surface area contributed by atoms with E-state index in [1.54, 1.807) is 18.2 Å². The molecule has 0 radical (unpaired) electrons. The van der Waals surface area contributed by atoms with Crippen LogP contribution in [0.25, 0.3) is 21.9 Å². The molecule has 0 spiro atoms. The topological polar surface area (TPSA) is 72.5 Å². The van der Waals surface area contributed by atoms with E-state index in [-0.39, 0.29) is 29.6 Å². The monoisotopic (exact) mass is 477 g/mol. The molecular weight excluding hydrogens is 453 g/mol. The first-order valence-corrected chi connectivity index (χ1v) is 12.2. The van der Waals surface area contributed by atoms with E-state index in [1.807, 2.05) is 43.3 Å². The molecule has 0 atom stereocenters. The van der Waals surface area contributed by atoms with Crippen molar-refractivity contribution in [2.45, 2.75) is 24.8 Å². The summed E-state index contributed by atoms with van der Waals surface area (Å²) in [5.74, 6) is -0.750. The fourth-order valence-corrected chi connectivity index (χ4v) is 4.99. The molecule has 0 unspecified atom stereocenters. The second kappa shape index (κ2) is 9.75. The molecule has 0 amide bonds. The first-order valence-electron chi connectivity index (χ1n) is 10.7. The van der Waals surface area contributed by atoms with Crippen molar-refractivity contribution in [3.63, 3.8) is 0 Å². The number of methoxy groups -OCH3 is 1. The van der Waals surface area contributed by atoms with Crippen LogP contribution in [-0.2, 0) is 32.5 Å². The Morgan fingerprint density at radius 2 is 1.68 bits per heavy atom. The second-order valence-electron chi connectivity index (χ2n) is 7.99. The molecule has 4 aromatic carbocycles. The Bertz CT molecular complexity index is 1450. The lowest BCUT2D eigenvalue weighted by molar-refractivity contribution is -0.139. The summed E-state index contributed by atoms with van der Waals surface area (Å²) in [5, 5.41) is 1.46. The summed E-state index contributed by atoms with van der Waals surface area (Å²) in [6.45, 7) is 2.05. The number of nitrogens with one attached hydrogen (secondary N) is 1. The fraction of sp³-hybridized carbons (Fsp3) is 0.148. The number of carbonyl (C=O) groups excluding carboxylic acids is 1. The zero-order valence-electron chi connectivity index (χ0n) is 18.8. The Morgan fingerprint density at radius 3 is 2.35 bits per heavy atom. The molecule has 4 rings (SSSR count). The third kappa shape index (κ3) is 5.00. The highest BCUT2D eigenvalue weighted by atomic mass is 32.2. The molecule has 0 bridgehead atoms. The van der Waals surface area contributed by atoms with Gasteiger partial charge in [-0.25, -0.2) is 17.5 Å². The number of sulfonamides is 1. The van der Waals surface area contributed by atoms with E-state index in [1.165, 1.54) is 31.4 Å². The van der Waals surface area contributed by atoms with Crippen LogP contribution in [0.15, 0.2) is 83.8 Å². The number of carbonyl (C=O) groups is 1. The van der Waals surface area contributed by atoms with Crippen molar-refractivity contribution >= 4 is 26.8 Å². The molecule has 1 N–H and O–H groups in total. The van der Waals surface area contributed by atoms with Gasteiger partial charge in [0.1, 0.15) is 5.82 Å². The quantitative estimate of drug-likeness (QED) is 0.374. The van der Waals surface area contributed by atoms with Crippen LogP contribution in [0.5, 0.6) is 0 Å². The van der Waals surface area contributed by atoms with E-state index in [2.05, 4.69) is 4.72 Å². The molecule has 0 fully saturated rings. The van der Waals surface area contributed by atoms with Gasteiger partial charge >= 0.3 is 5.97 Å². The van der Waals surface area contributed by atoms with E-state index < -0.39 is 10.0 Å². The lowest BCUT2D eigenvalue weighted by atomic mass is 9.89. The molecule has 5 nitrogen and oxygen atoms in total. The highest BCUT2D eigenvalue weighted by Gasteiger charge is 2.18. The van der Waals surface area contributed by atoms with E-state index in [9.17, 15) is 17.6 Å². The molecule has 7 heteroatoms. The van der Waals surface area contributed by atoms with Crippen LogP contribution in [-0.4, -0.2) is 21.5 Å². The predicted molar refractivity (Wildman–Crippen MR) is 130 cm³/mol. The molecule has 174 valence electrons. The largest absolute Gasteiger partial charge is 0.469 e. The normalized spacial score (nSPS) is 11.5. The summed E-state index contributed by atoms with van der Waals surface area (Å²) < 4.78 is 47.1. The minimum Gasteiger partial charge on any atom is -0.469 e. The van der Waals surface area contributed by atoms with Gasteiger partial charge in [-0.2, -0.15) is 0 Å². The Labute approximate surface area is 198 Å². The van der Waals surface area contributed by atoms with Gasteiger partial charge in [0, 0.05) is 6.54 Å². The predicted octanol–water partition coefficient (Wildman–Crippen LogP) is 5.15. The number of fused-ring (bicyclic) bond motifs is 1. The number of benzene rings is 4. The van der Waals surface area contributed by atoms with Gasteiger partial charge in [-0.15, -0.1) is 0 Å². The van der Waals surface area contributed by atoms with Gasteiger partial charge in [0.25, 0.3) is 0 Å². The lowest BCUT2D eigenvalue weighted by Gasteiger charge is -2.16. The van der Waals surface area contributed by atoms with E-state index in [0.717, 1.165) is 33.2 Å². The second-order valence-corrected chi connectivity index (χ2v) is 9.76. The Hall–Kier alpha value is -3.55. The summed E-state index contributed by atoms with van der Waals surface area (Å²) in [6, 6.07) is 22.1. The van der Waals surface area contributed by atoms with Gasteiger partial charge in [-0.3, -0.25) is 4.79 Å². The summed E-state index contributed by atoms with van der Waals surface area (Å²) in [6.07, 6.45) is 0.0819. The van der Waals surface area contributed by atoms with E-state index >= 15 is 0 Å². The van der Waals surface area contributed by atoms with Gasteiger partial charge in [-0.05, 0) is 69.8 Å². The zero-order valence-corrected chi connectivity index (χ0v) is 19.7. The number of hydrogen-bond acceptors (Lipinski definition) is 4. The average molecular weight is 478 g/mol. The molecule has 0 aromatic heterocycles. The minimum atomic E-state index is -3.72. The van der Waals surface area contributed by atoms with Crippen molar-refractivity contribution in [2.75, 3.05) is 7.11 Å². The Kier molecular flexibility index (Phi) is 6.77.